The third-order valence-corrected chi connectivity index (χ3v) is 6.36. The molecule has 1 aromatic carbocycles. The Labute approximate surface area is 185 Å². The number of nitrogens with two attached hydrogens (primary N) is 1. The fourth-order valence-corrected chi connectivity index (χ4v) is 4.52. The molecule has 0 radical (unpaired) electrons. The van der Waals surface area contributed by atoms with Crippen LogP contribution in [0, 0.1) is 5.82 Å². The van der Waals surface area contributed by atoms with Crippen molar-refractivity contribution in [1.82, 2.24) is 14.4 Å². The van der Waals surface area contributed by atoms with E-state index in [9.17, 15) is 18.8 Å². The molecule has 2 aromatic rings. The first-order valence-electron chi connectivity index (χ1n) is 10.7. The number of benzene rings is 1. The molecule has 2 aliphatic heterocycles. The molecule has 2 N–H and O–H groups in total. The van der Waals surface area contributed by atoms with Crippen molar-refractivity contribution in [3.8, 4) is 5.69 Å². The van der Waals surface area contributed by atoms with Gasteiger partial charge in [0, 0.05) is 38.1 Å². The Bertz CT molecular complexity index is 1100. The lowest BCUT2D eigenvalue weighted by Gasteiger charge is -2.43. The van der Waals surface area contributed by atoms with Crippen LogP contribution in [-0.4, -0.2) is 64.6 Å². The highest BCUT2D eigenvalue weighted by Gasteiger charge is 2.40. The number of rotatable bonds is 4. The number of hydrogen-bond acceptors (Lipinski definition) is 5. The number of pyridine rings is 1. The lowest BCUT2D eigenvalue weighted by atomic mass is 9.93. The maximum absolute atomic E-state index is 13.4. The van der Waals surface area contributed by atoms with Crippen LogP contribution in [0.4, 0.5) is 4.39 Å². The minimum Gasteiger partial charge on any atom is -0.379 e. The molecule has 2 aliphatic rings. The van der Waals surface area contributed by atoms with Crippen LogP contribution in [-0.2, 0) is 22.5 Å². The number of ether oxygens (including phenoxy) is 1. The van der Waals surface area contributed by atoms with Crippen LogP contribution in [0.5, 0.6) is 0 Å². The molecule has 0 atom stereocenters. The van der Waals surface area contributed by atoms with E-state index < -0.39 is 22.8 Å². The number of aromatic nitrogens is 1. The van der Waals surface area contributed by atoms with Gasteiger partial charge in [0.05, 0.1) is 18.8 Å². The molecule has 3 heterocycles. The summed E-state index contributed by atoms with van der Waals surface area (Å²) in [5.41, 5.74) is 5.90. The molecule has 2 amide bonds. The number of primary amides is 1. The SMILES string of the molecule is CC(C)(C(=O)N1CCc2c(cn(-c3ccc(F)cc3)c(=O)c2C(N)=O)C1)N1CCOCC1. The molecule has 0 aliphatic carbocycles. The first-order valence-corrected chi connectivity index (χ1v) is 10.7. The summed E-state index contributed by atoms with van der Waals surface area (Å²) in [5.74, 6) is -1.27. The highest BCUT2D eigenvalue weighted by atomic mass is 19.1. The Hall–Kier alpha value is -3.04. The Morgan fingerprint density at radius 3 is 2.38 bits per heavy atom. The zero-order valence-corrected chi connectivity index (χ0v) is 18.3. The number of fused-ring (bicyclic) bond motifs is 1. The fourth-order valence-electron chi connectivity index (χ4n) is 4.52. The third-order valence-electron chi connectivity index (χ3n) is 6.36. The molecule has 1 aromatic heterocycles. The second kappa shape index (κ2) is 8.48. The van der Waals surface area contributed by atoms with E-state index in [4.69, 9.17) is 10.5 Å². The molecule has 1 saturated heterocycles. The van der Waals surface area contributed by atoms with E-state index in [1.54, 1.807) is 11.1 Å². The molecule has 8 nitrogen and oxygen atoms in total. The van der Waals surface area contributed by atoms with Gasteiger partial charge in [0.15, 0.2) is 0 Å². The van der Waals surface area contributed by atoms with E-state index in [0.29, 0.717) is 56.1 Å². The summed E-state index contributed by atoms with van der Waals surface area (Å²) in [4.78, 5) is 42.5. The predicted octanol–water partition coefficient (Wildman–Crippen LogP) is 1.07. The average molecular weight is 442 g/mol. The van der Waals surface area contributed by atoms with Crippen molar-refractivity contribution in [1.29, 1.82) is 0 Å². The van der Waals surface area contributed by atoms with Gasteiger partial charge in [-0.2, -0.15) is 0 Å². The van der Waals surface area contributed by atoms with E-state index in [2.05, 4.69) is 4.90 Å². The van der Waals surface area contributed by atoms with Gasteiger partial charge in [-0.05, 0) is 55.7 Å². The van der Waals surface area contributed by atoms with Gasteiger partial charge in [-0.25, -0.2) is 4.39 Å². The van der Waals surface area contributed by atoms with Crippen molar-refractivity contribution in [2.45, 2.75) is 32.4 Å². The lowest BCUT2D eigenvalue weighted by Crippen LogP contribution is -2.59. The van der Waals surface area contributed by atoms with Gasteiger partial charge in [0.25, 0.3) is 11.5 Å². The number of halogens is 1. The van der Waals surface area contributed by atoms with Crippen molar-refractivity contribution in [2.75, 3.05) is 32.8 Å². The summed E-state index contributed by atoms with van der Waals surface area (Å²) in [6.07, 6.45) is 1.98. The first kappa shape index (κ1) is 22.2. The van der Waals surface area contributed by atoms with Crippen molar-refractivity contribution >= 4 is 11.8 Å². The third kappa shape index (κ3) is 3.93. The zero-order chi connectivity index (χ0) is 23.0. The van der Waals surface area contributed by atoms with Gasteiger partial charge in [0.1, 0.15) is 11.4 Å². The summed E-state index contributed by atoms with van der Waals surface area (Å²) in [6, 6.07) is 5.40. The van der Waals surface area contributed by atoms with Crippen LogP contribution >= 0.6 is 0 Å². The number of morpholine rings is 1. The van der Waals surface area contributed by atoms with E-state index in [-0.39, 0.29) is 18.0 Å². The minimum absolute atomic E-state index is 0.0230. The Kier molecular flexibility index (Phi) is 5.87. The highest BCUT2D eigenvalue weighted by molar-refractivity contribution is 5.94. The maximum atomic E-state index is 13.4. The summed E-state index contributed by atoms with van der Waals surface area (Å²) in [5, 5.41) is 0. The van der Waals surface area contributed by atoms with Crippen molar-refractivity contribution in [3.63, 3.8) is 0 Å². The standard InChI is InChI=1S/C23H27FN4O4/c1-23(2,27-9-11-32-12-10-27)22(31)26-8-7-18-15(13-26)14-28(21(30)19(18)20(25)29)17-5-3-16(24)4-6-17/h3-6,14H,7-13H2,1-2H3,(H2,25,29). The van der Waals surface area contributed by atoms with E-state index in [0.717, 1.165) is 0 Å². The van der Waals surface area contributed by atoms with Gasteiger partial charge in [-0.3, -0.25) is 23.9 Å². The molecule has 0 saturated carbocycles. The summed E-state index contributed by atoms with van der Waals surface area (Å²) >= 11 is 0. The van der Waals surface area contributed by atoms with Gasteiger partial charge in [0.2, 0.25) is 5.91 Å². The topological polar surface area (TPSA) is 97.9 Å². The van der Waals surface area contributed by atoms with Gasteiger partial charge >= 0.3 is 0 Å². The molecule has 0 unspecified atom stereocenters. The first-order chi connectivity index (χ1) is 15.2. The molecule has 32 heavy (non-hydrogen) atoms. The monoisotopic (exact) mass is 442 g/mol. The van der Waals surface area contributed by atoms with Crippen LogP contribution in [0.15, 0.2) is 35.3 Å². The summed E-state index contributed by atoms with van der Waals surface area (Å²) < 4.78 is 20.1. The number of nitrogens with zero attached hydrogens (tertiary/aromatic N) is 3. The number of carbonyl (C=O) groups excluding carboxylic acids is 2. The number of hydrogen-bond donors (Lipinski definition) is 1. The van der Waals surface area contributed by atoms with Crippen LogP contribution in [0.25, 0.3) is 5.69 Å². The minimum atomic E-state index is -0.809. The zero-order valence-electron chi connectivity index (χ0n) is 18.3. The number of amides is 2. The number of carbonyl (C=O) groups is 2. The van der Waals surface area contributed by atoms with E-state index in [1.807, 2.05) is 13.8 Å². The van der Waals surface area contributed by atoms with Gasteiger partial charge < -0.3 is 15.4 Å². The highest BCUT2D eigenvalue weighted by Crippen LogP contribution is 2.26. The van der Waals surface area contributed by atoms with E-state index in [1.165, 1.54) is 28.8 Å². The second-order valence-electron chi connectivity index (χ2n) is 8.66. The summed E-state index contributed by atoms with van der Waals surface area (Å²) in [6.45, 7) is 6.99. The molecular weight excluding hydrogens is 415 g/mol. The molecule has 0 bridgehead atoms. The van der Waals surface area contributed by atoms with Crippen molar-refractivity contribution in [3.05, 3.63) is 63.3 Å². The average Bonchev–Trinajstić information content (AvgIpc) is 2.78. The van der Waals surface area contributed by atoms with Crippen LogP contribution in [0.3, 0.4) is 0 Å². The Balaban J connectivity index is 1.70. The fraction of sp³-hybridized carbons (Fsp3) is 0.435. The Morgan fingerprint density at radius 2 is 1.75 bits per heavy atom. The summed E-state index contributed by atoms with van der Waals surface area (Å²) in [7, 11) is 0. The normalized spacial score (nSPS) is 17.2. The van der Waals surface area contributed by atoms with Crippen LogP contribution in [0.1, 0.15) is 35.3 Å². The van der Waals surface area contributed by atoms with Crippen LogP contribution in [0.2, 0.25) is 0 Å². The smallest absolute Gasteiger partial charge is 0.268 e. The molecule has 1 fully saturated rings. The van der Waals surface area contributed by atoms with E-state index >= 15 is 0 Å². The van der Waals surface area contributed by atoms with Gasteiger partial charge in [-0.1, -0.05) is 0 Å². The molecule has 0 spiro atoms. The van der Waals surface area contributed by atoms with Gasteiger partial charge in [-0.15, -0.1) is 0 Å². The molecule has 4 rings (SSSR count). The lowest BCUT2D eigenvalue weighted by molar-refractivity contribution is -0.146. The van der Waals surface area contributed by atoms with Crippen LogP contribution < -0.4 is 11.3 Å². The van der Waals surface area contributed by atoms with Crippen molar-refractivity contribution < 1.29 is 18.7 Å². The molecule has 9 heteroatoms. The molecule has 170 valence electrons. The Morgan fingerprint density at radius 1 is 1.09 bits per heavy atom. The second-order valence-corrected chi connectivity index (χ2v) is 8.66. The predicted molar refractivity (Wildman–Crippen MR) is 116 cm³/mol. The quantitative estimate of drug-likeness (QED) is 0.764. The largest absolute Gasteiger partial charge is 0.379 e. The maximum Gasteiger partial charge on any atom is 0.268 e. The molecular formula is C23H27FN4O4. The van der Waals surface area contributed by atoms with Crippen molar-refractivity contribution in [2.24, 2.45) is 5.73 Å².